The Labute approximate surface area is 222 Å². The molecule has 0 spiro atoms. The highest BCUT2D eigenvalue weighted by Gasteiger charge is 2.23. The van der Waals surface area contributed by atoms with E-state index in [-0.39, 0.29) is 17.6 Å². The van der Waals surface area contributed by atoms with Gasteiger partial charge in [-0.25, -0.2) is 4.39 Å². The summed E-state index contributed by atoms with van der Waals surface area (Å²) in [4.78, 5) is 29.3. The zero-order valence-corrected chi connectivity index (χ0v) is 20.9. The van der Waals surface area contributed by atoms with Gasteiger partial charge in [-0.3, -0.25) is 24.8 Å². The number of amides is 1. The van der Waals surface area contributed by atoms with Gasteiger partial charge in [-0.15, -0.1) is 0 Å². The van der Waals surface area contributed by atoms with Gasteiger partial charge in [0.2, 0.25) is 5.91 Å². The van der Waals surface area contributed by atoms with Crippen molar-refractivity contribution in [2.75, 3.05) is 5.32 Å². The lowest BCUT2D eigenvalue weighted by Gasteiger charge is -2.11. The van der Waals surface area contributed by atoms with Crippen LogP contribution in [0, 0.1) is 11.7 Å². The second kappa shape index (κ2) is 9.43. The molecule has 0 radical (unpaired) electrons. The molecular formula is C30H24FN7O. The topological polar surface area (TPSA) is 112 Å². The molecule has 0 unspecified atom stereocenters. The Bertz CT molecular complexity index is 1850. The van der Waals surface area contributed by atoms with Gasteiger partial charge in [-0.05, 0) is 37.1 Å². The molecule has 1 aliphatic carbocycles. The standard InChI is InChI=1S/C30H24FN7O/c31-24-8-4-3-7-20(24)23-14-33-15-27-21(23)10-26(36-27)29-22-11-25(34-16-28(22)37-38-29)18-9-19(13-32-12-18)35-30(39)17-5-1-2-6-17/h3-4,7-17,36H,1-2,5-6H2,(H,35,39)(H,37,38). The lowest BCUT2D eigenvalue weighted by Crippen LogP contribution is -2.20. The van der Waals surface area contributed by atoms with Crippen molar-refractivity contribution in [1.29, 1.82) is 0 Å². The minimum atomic E-state index is -0.300. The first kappa shape index (κ1) is 23.2. The molecule has 0 bridgehead atoms. The summed E-state index contributed by atoms with van der Waals surface area (Å²) in [7, 11) is 0. The fourth-order valence-corrected chi connectivity index (χ4v) is 5.43. The third-order valence-electron chi connectivity index (χ3n) is 7.44. The van der Waals surface area contributed by atoms with Gasteiger partial charge in [0.25, 0.3) is 0 Å². The SMILES string of the molecule is O=C(Nc1cncc(-c2cc3c(-c4cc5c(-c6ccccc6F)cncc5[nH]4)n[nH]c3cn2)c1)C1CCCC1. The normalized spacial score (nSPS) is 13.9. The summed E-state index contributed by atoms with van der Waals surface area (Å²) in [5.74, 6) is -0.178. The molecule has 1 saturated carbocycles. The molecule has 0 aliphatic heterocycles. The van der Waals surface area contributed by atoms with E-state index in [0.29, 0.717) is 28.2 Å². The second-order valence-electron chi connectivity index (χ2n) is 9.93. The quantitative estimate of drug-likeness (QED) is 0.242. The van der Waals surface area contributed by atoms with E-state index in [2.05, 4.69) is 35.5 Å². The Morgan fingerprint density at radius 2 is 1.74 bits per heavy atom. The number of rotatable bonds is 5. The van der Waals surface area contributed by atoms with Crippen molar-refractivity contribution in [2.45, 2.75) is 25.7 Å². The number of hydrogen-bond acceptors (Lipinski definition) is 5. The molecule has 9 heteroatoms. The first-order valence-electron chi connectivity index (χ1n) is 13.0. The van der Waals surface area contributed by atoms with Crippen LogP contribution in [0.2, 0.25) is 0 Å². The second-order valence-corrected chi connectivity index (χ2v) is 9.93. The third kappa shape index (κ3) is 4.21. The number of carbonyl (C=O) groups excluding carboxylic acids is 1. The fraction of sp³-hybridized carbons (Fsp3) is 0.167. The molecule has 3 N–H and O–H groups in total. The van der Waals surface area contributed by atoms with E-state index in [9.17, 15) is 9.18 Å². The lowest BCUT2D eigenvalue weighted by atomic mass is 10.0. The van der Waals surface area contributed by atoms with Crippen LogP contribution in [0.3, 0.4) is 0 Å². The predicted molar refractivity (Wildman–Crippen MR) is 148 cm³/mol. The minimum Gasteiger partial charge on any atom is -0.352 e. The summed E-state index contributed by atoms with van der Waals surface area (Å²) in [6, 6.07) is 12.5. The molecule has 1 aromatic carbocycles. The summed E-state index contributed by atoms with van der Waals surface area (Å²) in [5, 5.41) is 12.3. The molecule has 5 aromatic heterocycles. The Kier molecular flexibility index (Phi) is 5.61. The van der Waals surface area contributed by atoms with Gasteiger partial charge in [-0.1, -0.05) is 31.0 Å². The smallest absolute Gasteiger partial charge is 0.227 e. The van der Waals surface area contributed by atoms with Gasteiger partial charge in [-0.2, -0.15) is 5.10 Å². The minimum absolute atomic E-state index is 0.0510. The van der Waals surface area contributed by atoms with Crippen LogP contribution in [0.5, 0.6) is 0 Å². The Morgan fingerprint density at radius 3 is 2.62 bits per heavy atom. The number of H-pyrrole nitrogens is 2. The van der Waals surface area contributed by atoms with Gasteiger partial charge in [0.15, 0.2) is 0 Å². The zero-order chi connectivity index (χ0) is 26.3. The number of pyridine rings is 3. The van der Waals surface area contributed by atoms with E-state index in [0.717, 1.165) is 58.7 Å². The summed E-state index contributed by atoms with van der Waals surface area (Å²) in [6.45, 7) is 0. The van der Waals surface area contributed by atoms with Crippen molar-refractivity contribution < 1.29 is 9.18 Å². The van der Waals surface area contributed by atoms with E-state index < -0.39 is 0 Å². The van der Waals surface area contributed by atoms with Gasteiger partial charge in [0, 0.05) is 45.8 Å². The maximum absolute atomic E-state index is 14.6. The highest BCUT2D eigenvalue weighted by molar-refractivity contribution is 6.01. The zero-order valence-electron chi connectivity index (χ0n) is 20.9. The third-order valence-corrected chi connectivity index (χ3v) is 7.44. The van der Waals surface area contributed by atoms with Crippen LogP contribution >= 0.6 is 0 Å². The van der Waals surface area contributed by atoms with E-state index in [1.54, 1.807) is 43.1 Å². The average molecular weight is 518 g/mol. The molecule has 192 valence electrons. The Balaban J connectivity index is 1.25. The van der Waals surface area contributed by atoms with Crippen LogP contribution in [-0.4, -0.2) is 36.0 Å². The summed E-state index contributed by atoms with van der Waals surface area (Å²) < 4.78 is 14.6. The van der Waals surface area contributed by atoms with Crippen molar-refractivity contribution in [3.05, 3.63) is 79.3 Å². The molecule has 0 atom stereocenters. The van der Waals surface area contributed by atoms with Crippen molar-refractivity contribution in [1.82, 2.24) is 30.1 Å². The maximum atomic E-state index is 14.6. The fourth-order valence-electron chi connectivity index (χ4n) is 5.43. The lowest BCUT2D eigenvalue weighted by molar-refractivity contribution is -0.119. The Morgan fingerprint density at radius 1 is 0.897 bits per heavy atom. The van der Waals surface area contributed by atoms with Crippen LogP contribution in [0.25, 0.3) is 55.6 Å². The molecule has 0 saturated heterocycles. The molecule has 1 fully saturated rings. The molecule has 6 aromatic rings. The van der Waals surface area contributed by atoms with Crippen LogP contribution in [0.15, 0.2) is 73.4 Å². The molecule has 7 rings (SSSR count). The van der Waals surface area contributed by atoms with Crippen LogP contribution < -0.4 is 5.32 Å². The first-order valence-corrected chi connectivity index (χ1v) is 13.0. The molecule has 5 heterocycles. The van der Waals surface area contributed by atoms with Gasteiger partial charge in [0.05, 0.1) is 46.7 Å². The number of anilines is 1. The summed E-state index contributed by atoms with van der Waals surface area (Å²) in [6.07, 6.45) is 12.6. The van der Waals surface area contributed by atoms with E-state index in [1.165, 1.54) is 6.07 Å². The van der Waals surface area contributed by atoms with Crippen molar-refractivity contribution in [3.8, 4) is 33.8 Å². The number of halogens is 1. The van der Waals surface area contributed by atoms with Crippen LogP contribution in [0.1, 0.15) is 25.7 Å². The summed E-state index contributed by atoms with van der Waals surface area (Å²) in [5.41, 5.74) is 6.39. The van der Waals surface area contributed by atoms with Crippen molar-refractivity contribution >= 4 is 33.4 Å². The van der Waals surface area contributed by atoms with E-state index >= 15 is 0 Å². The molecule has 1 amide bonds. The molecule has 1 aliphatic rings. The van der Waals surface area contributed by atoms with Gasteiger partial charge in [0.1, 0.15) is 11.5 Å². The van der Waals surface area contributed by atoms with E-state index in [1.807, 2.05) is 24.3 Å². The number of aromatic nitrogens is 6. The van der Waals surface area contributed by atoms with Gasteiger partial charge < -0.3 is 10.3 Å². The van der Waals surface area contributed by atoms with Crippen LogP contribution in [-0.2, 0) is 4.79 Å². The van der Waals surface area contributed by atoms with Crippen molar-refractivity contribution in [2.24, 2.45) is 5.92 Å². The van der Waals surface area contributed by atoms with Crippen LogP contribution in [0.4, 0.5) is 10.1 Å². The number of aromatic amines is 2. The number of benzene rings is 1. The first-order chi connectivity index (χ1) is 19.1. The number of carbonyl (C=O) groups is 1. The maximum Gasteiger partial charge on any atom is 0.227 e. The number of nitrogens with zero attached hydrogens (tertiary/aromatic N) is 4. The molecule has 8 nitrogen and oxygen atoms in total. The average Bonchev–Trinajstić information content (AvgIpc) is 3.73. The van der Waals surface area contributed by atoms with Gasteiger partial charge >= 0.3 is 0 Å². The monoisotopic (exact) mass is 517 g/mol. The highest BCUT2D eigenvalue weighted by atomic mass is 19.1. The van der Waals surface area contributed by atoms with Crippen molar-refractivity contribution in [3.63, 3.8) is 0 Å². The number of fused-ring (bicyclic) bond motifs is 2. The Hall–Kier alpha value is -4.92. The molecular weight excluding hydrogens is 493 g/mol. The highest BCUT2D eigenvalue weighted by Crippen LogP contribution is 2.35. The largest absolute Gasteiger partial charge is 0.352 e. The predicted octanol–water partition coefficient (Wildman–Crippen LogP) is 6.50. The van der Waals surface area contributed by atoms with E-state index in [4.69, 9.17) is 0 Å². The number of nitrogens with one attached hydrogen (secondary N) is 3. The molecule has 39 heavy (non-hydrogen) atoms. The summed E-state index contributed by atoms with van der Waals surface area (Å²) >= 11 is 0. The number of hydrogen-bond donors (Lipinski definition) is 3.